The fourth-order valence-corrected chi connectivity index (χ4v) is 7.07. The van der Waals surface area contributed by atoms with Crippen LogP contribution in [0.2, 0.25) is 0 Å². The van der Waals surface area contributed by atoms with Crippen LogP contribution in [0.5, 0.6) is 0 Å². The van der Waals surface area contributed by atoms with E-state index in [1.807, 2.05) is 12.1 Å². The lowest BCUT2D eigenvalue weighted by molar-refractivity contribution is -0.170. The molecule has 11 nitrogen and oxygen atoms in total. The van der Waals surface area contributed by atoms with Crippen LogP contribution in [0.1, 0.15) is 42.0 Å². The van der Waals surface area contributed by atoms with Gasteiger partial charge in [-0.05, 0) is 68.6 Å². The predicted molar refractivity (Wildman–Crippen MR) is 171 cm³/mol. The van der Waals surface area contributed by atoms with Crippen molar-refractivity contribution in [2.45, 2.75) is 57.1 Å². The molecule has 4 heterocycles. The van der Waals surface area contributed by atoms with Crippen molar-refractivity contribution < 1.29 is 27.9 Å². The van der Waals surface area contributed by atoms with Gasteiger partial charge in [-0.25, -0.2) is 9.78 Å². The van der Waals surface area contributed by atoms with Crippen molar-refractivity contribution in [2.75, 3.05) is 59.8 Å². The number of aliphatic hydroxyl groups excluding tert-OH is 1. The van der Waals surface area contributed by atoms with Crippen LogP contribution in [-0.2, 0) is 11.3 Å². The van der Waals surface area contributed by atoms with Crippen LogP contribution in [0.25, 0.3) is 0 Å². The normalized spacial score (nSPS) is 23.3. The number of piperazine rings is 1. The van der Waals surface area contributed by atoms with E-state index in [0.717, 1.165) is 42.5 Å². The van der Waals surface area contributed by atoms with Crippen molar-refractivity contribution in [2.24, 2.45) is 0 Å². The molecule has 4 aliphatic rings. The lowest BCUT2D eigenvalue weighted by Gasteiger charge is -2.48. The number of aromatic nitrogens is 2. The molecular formula is C33H37F3N8O3. The fourth-order valence-electron chi connectivity index (χ4n) is 7.07. The van der Waals surface area contributed by atoms with Gasteiger partial charge in [0.25, 0.3) is 0 Å². The van der Waals surface area contributed by atoms with Gasteiger partial charge >= 0.3 is 18.1 Å². The summed E-state index contributed by atoms with van der Waals surface area (Å²) in [5.41, 5.74) is 3.81. The Bertz CT molecular complexity index is 1670. The molecule has 3 aromatic rings. The summed E-state index contributed by atoms with van der Waals surface area (Å²) in [5, 5.41) is 13.4. The summed E-state index contributed by atoms with van der Waals surface area (Å²) in [4.78, 5) is 44.7. The van der Waals surface area contributed by atoms with Gasteiger partial charge < -0.3 is 30.0 Å². The van der Waals surface area contributed by atoms with Crippen molar-refractivity contribution in [3.63, 3.8) is 0 Å². The number of hydrogen-bond acceptors (Lipinski definition) is 8. The maximum Gasteiger partial charge on any atom is 0.471 e. The first-order chi connectivity index (χ1) is 22.5. The number of fused-ring (bicyclic) bond motifs is 2. The molecule has 1 aromatic heterocycles. The van der Waals surface area contributed by atoms with Gasteiger partial charge in [0.15, 0.2) is 0 Å². The standard InChI is InChI=1S/C33H37F3N8O3/c1-20-4-3-5-26-27(10-11-42(28(20)26)30(46)33(34,35)36)43-19-21-18-37-31(39-29(21)44(32(43)47)24-16-25(45)17-24)38-22-6-8-23(9-7-22)41-14-12-40(2)13-15-41/h3-9,18,24-25,27,45H,10-17,19H2,1-2H3,(H,37,38,39)/t24?,25?,27-/m0/s1. The van der Waals surface area contributed by atoms with Crippen LogP contribution in [-0.4, -0.2) is 94.9 Å². The third kappa shape index (κ3) is 5.84. The van der Waals surface area contributed by atoms with Crippen molar-refractivity contribution in [1.82, 2.24) is 19.8 Å². The topological polar surface area (TPSA) is 108 Å². The van der Waals surface area contributed by atoms with Gasteiger partial charge in [-0.3, -0.25) is 9.69 Å². The number of alkyl halides is 3. The first-order valence-corrected chi connectivity index (χ1v) is 15.9. The number of rotatable bonds is 5. The van der Waals surface area contributed by atoms with Crippen molar-refractivity contribution in [1.29, 1.82) is 0 Å². The second-order valence-electron chi connectivity index (χ2n) is 12.8. The summed E-state index contributed by atoms with van der Waals surface area (Å²) in [5.74, 6) is -1.15. The number of anilines is 5. The molecule has 47 heavy (non-hydrogen) atoms. The highest BCUT2D eigenvalue weighted by Gasteiger charge is 2.48. The number of amides is 3. The maximum absolute atomic E-state index is 14.3. The van der Waals surface area contributed by atoms with Crippen LogP contribution in [0.4, 0.5) is 46.8 Å². The number of likely N-dealkylation sites (N-methyl/N-ethyl adjacent to an activating group) is 1. The number of aliphatic hydroxyl groups is 1. The van der Waals surface area contributed by atoms with E-state index in [9.17, 15) is 27.9 Å². The summed E-state index contributed by atoms with van der Waals surface area (Å²) in [6.45, 7) is 5.56. The maximum atomic E-state index is 14.3. The molecule has 1 saturated carbocycles. The van der Waals surface area contributed by atoms with Gasteiger partial charge in [-0.1, -0.05) is 18.2 Å². The Morgan fingerprint density at radius 1 is 1.02 bits per heavy atom. The highest BCUT2D eigenvalue weighted by molar-refractivity contribution is 6.00. The van der Waals surface area contributed by atoms with E-state index in [-0.39, 0.29) is 37.3 Å². The van der Waals surface area contributed by atoms with Crippen LogP contribution < -0.4 is 20.0 Å². The molecule has 2 N–H and O–H groups in total. The lowest BCUT2D eigenvalue weighted by atomic mass is 9.87. The minimum atomic E-state index is -5.02. The van der Waals surface area contributed by atoms with E-state index in [0.29, 0.717) is 41.3 Å². The van der Waals surface area contributed by atoms with E-state index >= 15 is 0 Å². The Labute approximate surface area is 270 Å². The largest absolute Gasteiger partial charge is 0.471 e. The smallest absolute Gasteiger partial charge is 0.393 e. The first kappa shape index (κ1) is 31.2. The molecule has 1 aliphatic carbocycles. The first-order valence-electron chi connectivity index (χ1n) is 15.9. The van der Waals surface area contributed by atoms with Gasteiger partial charge in [0.05, 0.1) is 24.4 Å². The molecule has 3 amide bonds. The number of carbonyl (C=O) groups excluding carboxylic acids is 2. The molecule has 14 heteroatoms. The molecule has 0 spiro atoms. The molecule has 1 saturated heterocycles. The second-order valence-corrected chi connectivity index (χ2v) is 12.8. The van der Waals surface area contributed by atoms with E-state index in [2.05, 4.69) is 39.3 Å². The summed E-state index contributed by atoms with van der Waals surface area (Å²) in [7, 11) is 2.12. The minimum Gasteiger partial charge on any atom is -0.393 e. The summed E-state index contributed by atoms with van der Waals surface area (Å²) in [6, 6.07) is 11.9. The Balaban J connectivity index is 1.16. The molecule has 248 valence electrons. The number of carbonyl (C=O) groups is 2. The van der Waals surface area contributed by atoms with Gasteiger partial charge in [-0.2, -0.15) is 18.2 Å². The number of benzene rings is 2. The van der Waals surface area contributed by atoms with E-state index in [1.54, 1.807) is 41.1 Å². The number of halogens is 3. The van der Waals surface area contributed by atoms with E-state index in [1.165, 1.54) is 0 Å². The highest BCUT2D eigenvalue weighted by Crippen LogP contribution is 2.45. The van der Waals surface area contributed by atoms with Gasteiger partial charge in [0.1, 0.15) is 5.82 Å². The third-order valence-electron chi connectivity index (χ3n) is 9.70. The quantitative estimate of drug-likeness (QED) is 0.413. The van der Waals surface area contributed by atoms with Crippen LogP contribution >= 0.6 is 0 Å². The fraction of sp³-hybridized carbons (Fsp3) is 0.455. The Morgan fingerprint density at radius 3 is 2.43 bits per heavy atom. The lowest BCUT2D eigenvalue weighted by Crippen LogP contribution is -2.58. The second kappa shape index (κ2) is 12.0. The number of nitrogens with zero attached hydrogens (tertiary/aromatic N) is 7. The predicted octanol–water partition coefficient (Wildman–Crippen LogP) is 4.59. The van der Waals surface area contributed by atoms with Crippen LogP contribution in [0.15, 0.2) is 48.7 Å². The Hall–Kier alpha value is -4.43. The van der Waals surface area contributed by atoms with Crippen LogP contribution in [0.3, 0.4) is 0 Å². The van der Waals surface area contributed by atoms with Crippen molar-refractivity contribution in [3.05, 3.63) is 65.4 Å². The summed E-state index contributed by atoms with van der Waals surface area (Å²) >= 11 is 0. The van der Waals surface area contributed by atoms with Crippen molar-refractivity contribution in [3.8, 4) is 0 Å². The van der Waals surface area contributed by atoms with Gasteiger partial charge in [0.2, 0.25) is 5.95 Å². The van der Waals surface area contributed by atoms with E-state index in [4.69, 9.17) is 4.98 Å². The molecule has 7 rings (SSSR count). The van der Waals surface area contributed by atoms with Gasteiger partial charge in [-0.15, -0.1) is 0 Å². The molecule has 0 unspecified atom stereocenters. The van der Waals surface area contributed by atoms with E-state index < -0.39 is 24.2 Å². The monoisotopic (exact) mass is 650 g/mol. The Kier molecular flexibility index (Phi) is 7.95. The molecule has 1 atom stereocenters. The summed E-state index contributed by atoms with van der Waals surface area (Å²) in [6.07, 6.45) is -2.99. The molecule has 2 aromatic carbocycles. The highest BCUT2D eigenvalue weighted by atomic mass is 19.4. The number of hydrogen-bond donors (Lipinski definition) is 2. The zero-order chi connectivity index (χ0) is 33.0. The number of aryl methyl sites for hydroxylation is 1. The SMILES string of the molecule is Cc1cccc2c1N(C(=O)C(F)(F)F)CC[C@@H]2N1Cc2cnc(Nc3ccc(N4CCN(C)CC4)cc3)nc2N(C2CC(O)C2)C1=O. The minimum absolute atomic E-state index is 0.130. The molecule has 2 fully saturated rings. The Morgan fingerprint density at radius 2 is 1.74 bits per heavy atom. The molecule has 3 aliphatic heterocycles. The average Bonchev–Trinajstić information content (AvgIpc) is 3.03. The average molecular weight is 651 g/mol. The van der Waals surface area contributed by atoms with Crippen molar-refractivity contribution >= 4 is 40.8 Å². The summed E-state index contributed by atoms with van der Waals surface area (Å²) < 4.78 is 40.6. The molecular weight excluding hydrogens is 613 g/mol. The van der Waals surface area contributed by atoms with Gasteiger partial charge in [0, 0.05) is 61.9 Å². The number of para-hydroxylation sites is 1. The number of nitrogens with one attached hydrogen (secondary N) is 1. The molecule has 0 radical (unpaired) electrons. The number of urea groups is 1. The molecule has 0 bridgehead atoms. The zero-order valence-corrected chi connectivity index (χ0v) is 26.2. The third-order valence-corrected chi connectivity index (χ3v) is 9.70. The van der Waals surface area contributed by atoms with Crippen LogP contribution in [0, 0.1) is 6.92 Å². The zero-order valence-electron chi connectivity index (χ0n) is 26.2.